The van der Waals surface area contributed by atoms with Gasteiger partial charge in [0.1, 0.15) is 0 Å². The fourth-order valence-electron chi connectivity index (χ4n) is 2.22. The van der Waals surface area contributed by atoms with Gasteiger partial charge in [-0.15, -0.1) is 0 Å². The Bertz CT molecular complexity index is 464. The summed E-state index contributed by atoms with van der Waals surface area (Å²) in [5, 5.41) is 0. The molecule has 0 saturated carbocycles. The van der Waals surface area contributed by atoms with E-state index in [-0.39, 0.29) is 6.10 Å². The largest absolute Gasteiger partial charge is 0.378 e. The first-order chi connectivity index (χ1) is 8.64. The van der Waals surface area contributed by atoms with Crippen molar-refractivity contribution in [2.75, 3.05) is 19.7 Å². The number of benzene rings is 1. The molecule has 0 bridgehead atoms. The summed E-state index contributed by atoms with van der Waals surface area (Å²) >= 11 is 0. The SMILES string of the molecule is CCOC1CCN(S(=O)(=O)c2ccccc2)CC1. The molecule has 1 heterocycles. The topological polar surface area (TPSA) is 46.6 Å². The maximum Gasteiger partial charge on any atom is 0.243 e. The lowest BCUT2D eigenvalue weighted by atomic mass is 10.1. The lowest BCUT2D eigenvalue weighted by Gasteiger charge is -2.30. The summed E-state index contributed by atoms with van der Waals surface area (Å²) in [6, 6.07) is 8.61. The second kappa shape index (κ2) is 5.82. The zero-order chi connectivity index (χ0) is 13.0. The minimum absolute atomic E-state index is 0.206. The van der Waals surface area contributed by atoms with Crippen molar-refractivity contribution in [1.29, 1.82) is 0 Å². The molecule has 2 rings (SSSR count). The van der Waals surface area contributed by atoms with Gasteiger partial charge in [-0.25, -0.2) is 8.42 Å². The summed E-state index contributed by atoms with van der Waals surface area (Å²) in [6.07, 6.45) is 1.76. The van der Waals surface area contributed by atoms with E-state index in [0.717, 1.165) is 12.8 Å². The molecule has 1 saturated heterocycles. The first kappa shape index (κ1) is 13.5. The molecular weight excluding hydrogens is 250 g/mol. The van der Waals surface area contributed by atoms with Gasteiger partial charge in [-0.05, 0) is 31.9 Å². The molecule has 1 aliphatic rings. The zero-order valence-electron chi connectivity index (χ0n) is 10.6. The number of hydrogen-bond donors (Lipinski definition) is 0. The van der Waals surface area contributed by atoms with E-state index in [4.69, 9.17) is 4.74 Å². The van der Waals surface area contributed by atoms with Crippen molar-refractivity contribution >= 4 is 10.0 Å². The first-order valence-corrected chi connectivity index (χ1v) is 7.75. The van der Waals surface area contributed by atoms with E-state index >= 15 is 0 Å². The van der Waals surface area contributed by atoms with Crippen LogP contribution in [-0.4, -0.2) is 38.5 Å². The minimum Gasteiger partial charge on any atom is -0.378 e. The van der Waals surface area contributed by atoms with E-state index in [2.05, 4.69) is 0 Å². The molecule has 0 N–H and O–H groups in total. The maximum absolute atomic E-state index is 12.3. The summed E-state index contributed by atoms with van der Waals surface area (Å²) in [5.74, 6) is 0. The molecule has 0 aromatic heterocycles. The average Bonchev–Trinajstić information content (AvgIpc) is 2.41. The van der Waals surface area contributed by atoms with Crippen LogP contribution in [0.25, 0.3) is 0 Å². The lowest BCUT2D eigenvalue weighted by Crippen LogP contribution is -2.40. The number of hydrogen-bond acceptors (Lipinski definition) is 3. The average molecular weight is 269 g/mol. The smallest absolute Gasteiger partial charge is 0.243 e. The highest BCUT2D eigenvalue weighted by atomic mass is 32.2. The third-order valence-electron chi connectivity index (χ3n) is 3.18. The molecule has 0 radical (unpaired) electrons. The van der Waals surface area contributed by atoms with Crippen molar-refractivity contribution in [3.63, 3.8) is 0 Å². The fourth-order valence-corrected chi connectivity index (χ4v) is 3.71. The highest BCUT2D eigenvalue weighted by Crippen LogP contribution is 2.21. The van der Waals surface area contributed by atoms with Gasteiger partial charge < -0.3 is 4.74 Å². The zero-order valence-corrected chi connectivity index (χ0v) is 11.4. The molecular formula is C13H19NO3S. The molecule has 1 aliphatic heterocycles. The number of rotatable bonds is 4. The van der Waals surface area contributed by atoms with Gasteiger partial charge in [-0.1, -0.05) is 18.2 Å². The Balaban J connectivity index is 2.05. The van der Waals surface area contributed by atoms with E-state index in [1.165, 1.54) is 0 Å². The third-order valence-corrected chi connectivity index (χ3v) is 5.10. The van der Waals surface area contributed by atoms with E-state index in [1.807, 2.05) is 13.0 Å². The van der Waals surface area contributed by atoms with Crippen molar-refractivity contribution in [2.45, 2.75) is 30.8 Å². The summed E-state index contributed by atoms with van der Waals surface area (Å²) in [7, 11) is -3.32. The first-order valence-electron chi connectivity index (χ1n) is 6.31. The summed E-state index contributed by atoms with van der Waals surface area (Å²) in [6.45, 7) is 3.74. The van der Waals surface area contributed by atoms with Crippen molar-refractivity contribution in [2.24, 2.45) is 0 Å². The van der Waals surface area contributed by atoms with Crippen LogP contribution < -0.4 is 0 Å². The second-order valence-corrected chi connectivity index (χ2v) is 6.31. The summed E-state index contributed by atoms with van der Waals surface area (Å²) in [5.41, 5.74) is 0. The molecule has 100 valence electrons. The standard InChI is InChI=1S/C13H19NO3S/c1-2-17-12-8-10-14(11-9-12)18(15,16)13-6-4-3-5-7-13/h3-7,12H,2,8-11H2,1H3. The third kappa shape index (κ3) is 2.91. The molecule has 0 aliphatic carbocycles. The van der Waals surface area contributed by atoms with Crippen molar-refractivity contribution in [1.82, 2.24) is 4.31 Å². The molecule has 0 amide bonds. The van der Waals surface area contributed by atoms with Crippen LogP contribution >= 0.6 is 0 Å². The predicted molar refractivity (Wildman–Crippen MR) is 69.8 cm³/mol. The Morgan fingerprint density at radius 1 is 1.22 bits per heavy atom. The Kier molecular flexibility index (Phi) is 4.37. The highest BCUT2D eigenvalue weighted by Gasteiger charge is 2.29. The Morgan fingerprint density at radius 3 is 2.39 bits per heavy atom. The molecule has 0 atom stereocenters. The number of ether oxygens (including phenoxy) is 1. The van der Waals surface area contributed by atoms with Crippen molar-refractivity contribution in [3.8, 4) is 0 Å². The Labute approximate surface area is 109 Å². The van der Waals surface area contributed by atoms with E-state index in [1.54, 1.807) is 28.6 Å². The van der Waals surface area contributed by atoms with Crippen molar-refractivity contribution < 1.29 is 13.2 Å². The van der Waals surface area contributed by atoms with Crippen LogP contribution in [0.15, 0.2) is 35.2 Å². The Morgan fingerprint density at radius 2 is 1.83 bits per heavy atom. The highest BCUT2D eigenvalue weighted by molar-refractivity contribution is 7.89. The van der Waals surface area contributed by atoms with Crippen LogP contribution in [-0.2, 0) is 14.8 Å². The van der Waals surface area contributed by atoms with E-state index in [9.17, 15) is 8.42 Å². The molecule has 18 heavy (non-hydrogen) atoms. The molecule has 0 unspecified atom stereocenters. The molecule has 5 heteroatoms. The van der Waals surface area contributed by atoms with Gasteiger partial charge in [0.05, 0.1) is 11.0 Å². The molecule has 1 aromatic rings. The van der Waals surface area contributed by atoms with Crippen LogP contribution in [0, 0.1) is 0 Å². The van der Waals surface area contributed by atoms with Gasteiger partial charge in [0.25, 0.3) is 0 Å². The molecule has 1 fully saturated rings. The lowest BCUT2D eigenvalue weighted by molar-refractivity contribution is 0.0290. The van der Waals surface area contributed by atoms with Gasteiger partial charge >= 0.3 is 0 Å². The van der Waals surface area contributed by atoms with Crippen LogP contribution in [0.1, 0.15) is 19.8 Å². The van der Waals surface area contributed by atoms with Crippen LogP contribution in [0.3, 0.4) is 0 Å². The quantitative estimate of drug-likeness (QED) is 0.838. The minimum atomic E-state index is -3.32. The number of nitrogens with zero attached hydrogens (tertiary/aromatic N) is 1. The fraction of sp³-hybridized carbons (Fsp3) is 0.538. The van der Waals surface area contributed by atoms with Gasteiger partial charge in [-0.3, -0.25) is 0 Å². The number of piperidine rings is 1. The summed E-state index contributed by atoms with van der Waals surface area (Å²) in [4.78, 5) is 0.375. The monoisotopic (exact) mass is 269 g/mol. The second-order valence-electron chi connectivity index (χ2n) is 4.37. The predicted octanol–water partition coefficient (Wildman–Crippen LogP) is 1.88. The van der Waals surface area contributed by atoms with Crippen LogP contribution in [0.2, 0.25) is 0 Å². The van der Waals surface area contributed by atoms with E-state index in [0.29, 0.717) is 24.6 Å². The number of sulfonamides is 1. The molecule has 1 aromatic carbocycles. The van der Waals surface area contributed by atoms with Gasteiger partial charge in [0.15, 0.2) is 0 Å². The Hall–Kier alpha value is -0.910. The normalized spacial score (nSPS) is 18.9. The molecule has 4 nitrogen and oxygen atoms in total. The van der Waals surface area contributed by atoms with Gasteiger partial charge in [0, 0.05) is 19.7 Å². The maximum atomic E-state index is 12.3. The van der Waals surface area contributed by atoms with Crippen LogP contribution in [0.5, 0.6) is 0 Å². The molecule has 0 spiro atoms. The van der Waals surface area contributed by atoms with E-state index < -0.39 is 10.0 Å². The van der Waals surface area contributed by atoms with Gasteiger partial charge in [-0.2, -0.15) is 4.31 Å². The van der Waals surface area contributed by atoms with Crippen molar-refractivity contribution in [3.05, 3.63) is 30.3 Å². The summed E-state index contributed by atoms with van der Waals surface area (Å²) < 4.78 is 31.8. The van der Waals surface area contributed by atoms with Gasteiger partial charge in [0.2, 0.25) is 10.0 Å². The van der Waals surface area contributed by atoms with Crippen LogP contribution in [0.4, 0.5) is 0 Å².